The summed E-state index contributed by atoms with van der Waals surface area (Å²) in [4.78, 5) is 34.0. The molecule has 1 aliphatic heterocycles. The zero-order chi connectivity index (χ0) is 13.0. The molecule has 0 bridgehead atoms. The van der Waals surface area contributed by atoms with Crippen molar-refractivity contribution in [2.75, 3.05) is 0 Å². The maximum absolute atomic E-state index is 11.7. The van der Waals surface area contributed by atoms with Crippen LogP contribution >= 0.6 is 0 Å². The van der Waals surface area contributed by atoms with E-state index in [1.807, 2.05) is 13.8 Å². The van der Waals surface area contributed by atoms with E-state index in [0.717, 1.165) is 0 Å². The van der Waals surface area contributed by atoms with Crippen molar-refractivity contribution in [3.63, 3.8) is 0 Å². The molecular weight excluding hydrogens is 220 g/mol. The molecule has 1 heterocycles. The fourth-order valence-corrected chi connectivity index (χ4v) is 1.68. The van der Waals surface area contributed by atoms with Gasteiger partial charge >= 0.3 is 0 Å². The zero-order valence-corrected chi connectivity index (χ0v) is 10.2. The number of hydrogen-bond acceptors (Lipinski definition) is 3. The fourth-order valence-electron chi connectivity index (χ4n) is 1.68. The van der Waals surface area contributed by atoms with E-state index in [0.29, 0.717) is 24.3 Å². The lowest BCUT2D eigenvalue weighted by molar-refractivity contribution is -0.136. The zero-order valence-electron chi connectivity index (χ0n) is 10.2. The second-order valence-corrected chi connectivity index (χ2v) is 4.68. The van der Waals surface area contributed by atoms with E-state index in [1.54, 1.807) is 0 Å². The monoisotopic (exact) mass is 238 g/mol. The van der Waals surface area contributed by atoms with Crippen LogP contribution in [0.1, 0.15) is 33.1 Å². The molecule has 5 heteroatoms. The topological polar surface area (TPSA) is 75.3 Å². The Balaban J connectivity index is 2.48. The SMILES string of the molecule is C=C(CC(C)C)C(=O)NC1CCC(=O)NC1=O. The first-order chi connectivity index (χ1) is 7.90. The van der Waals surface area contributed by atoms with E-state index in [1.165, 1.54) is 0 Å². The highest BCUT2D eigenvalue weighted by Gasteiger charge is 2.28. The lowest BCUT2D eigenvalue weighted by atomic mass is 10.0. The number of piperidine rings is 1. The number of hydrogen-bond donors (Lipinski definition) is 2. The lowest BCUT2D eigenvalue weighted by Gasteiger charge is -2.22. The molecule has 3 amide bonds. The van der Waals surface area contributed by atoms with Gasteiger partial charge in [-0.2, -0.15) is 0 Å². The second-order valence-electron chi connectivity index (χ2n) is 4.68. The number of imide groups is 1. The Morgan fingerprint density at radius 2 is 2.18 bits per heavy atom. The molecule has 94 valence electrons. The highest BCUT2D eigenvalue weighted by Crippen LogP contribution is 2.10. The summed E-state index contributed by atoms with van der Waals surface area (Å²) in [5.41, 5.74) is 0.463. The molecular formula is C12H18N2O3. The summed E-state index contributed by atoms with van der Waals surface area (Å²) in [6, 6.07) is -0.621. The highest BCUT2D eigenvalue weighted by atomic mass is 16.2. The van der Waals surface area contributed by atoms with Gasteiger partial charge in [-0.3, -0.25) is 19.7 Å². The molecule has 0 aliphatic carbocycles. The minimum atomic E-state index is -0.621. The predicted octanol–water partition coefficient (Wildman–Crippen LogP) is 0.510. The molecule has 17 heavy (non-hydrogen) atoms. The molecule has 0 aromatic rings. The predicted molar refractivity (Wildman–Crippen MR) is 62.9 cm³/mol. The van der Waals surface area contributed by atoms with Gasteiger partial charge in [-0.05, 0) is 18.8 Å². The smallest absolute Gasteiger partial charge is 0.249 e. The second kappa shape index (κ2) is 5.61. The van der Waals surface area contributed by atoms with E-state index >= 15 is 0 Å². The molecule has 1 unspecified atom stereocenters. The molecule has 1 atom stereocenters. The lowest BCUT2D eigenvalue weighted by Crippen LogP contribution is -2.52. The maximum Gasteiger partial charge on any atom is 0.249 e. The Morgan fingerprint density at radius 3 is 2.71 bits per heavy atom. The first kappa shape index (κ1) is 13.4. The number of carbonyl (C=O) groups excluding carboxylic acids is 3. The van der Waals surface area contributed by atoms with Crippen LogP contribution in [0.3, 0.4) is 0 Å². The van der Waals surface area contributed by atoms with Gasteiger partial charge in [-0.15, -0.1) is 0 Å². The van der Waals surface area contributed by atoms with E-state index in [9.17, 15) is 14.4 Å². The van der Waals surface area contributed by atoms with E-state index < -0.39 is 11.9 Å². The minimum absolute atomic E-state index is 0.257. The summed E-state index contributed by atoms with van der Waals surface area (Å²) in [6.07, 6.45) is 1.21. The molecule has 1 fully saturated rings. The normalized spacial score (nSPS) is 20.1. The van der Waals surface area contributed by atoms with Crippen molar-refractivity contribution < 1.29 is 14.4 Å². The van der Waals surface area contributed by atoms with E-state index in [2.05, 4.69) is 17.2 Å². The van der Waals surface area contributed by atoms with Crippen LogP contribution < -0.4 is 10.6 Å². The van der Waals surface area contributed by atoms with Crippen LogP contribution in [0.5, 0.6) is 0 Å². The Labute approximate surface area is 101 Å². The van der Waals surface area contributed by atoms with Crippen molar-refractivity contribution in [1.82, 2.24) is 10.6 Å². The van der Waals surface area contributed by atoms with Crippen LogP contribution in [0.2, 0.25) is 0 Å². The molecule has 0 aromatic carbocycles. The van der Waals surface area contributed by atoms with Crippen molar-refractivity contribution in [1.29, 1.82) is 0 Å². The molecule has 0 aromatic heterocycles. The van der Waals surface area contributed by atoms with E-state index in [4.69, 9.17) is 0 Å². The standard InChI is InChI=1S/C12H18N2O3/c1-7(2)6-8(3)11(16)13-9-4-5-10(15)14-12(9)17/h7,9H,3-6H2,1-2H3,(H,13,16)(H,14,15,17). The van der Waals surface area contributed by atoms with Crippen LogP contribution in [0, 0.1) is 5.92 Å². The Kier molecular flexibility index (Phi) is 4.43. The summed E-state index contributed by atoms with van der Waals surface area (Å²) < 4.78 is 0. The Morgan fingerprint density at radius 1 is 1.53 bits per heavy atom. The summed E-state index contributed by atoms with van der Waals surface area (Å²) in [6.45, 7) is 7.67. The third kappa shape index (κ3) is 4.01. The van der Waals surface area contributed by atoms with Crippen molar-refractivity contribution in [2.24, 2.45) is 5.92 Å². The van der Waals surface area contributed by atoms with Crippen molar-refractivity contribution in [3.05, 3.63) is 12.2 Å². The molecule has 5 nitrogen and oxygen atoms in total. The third-order valence-electron chi connectivity index (χ3n) is 2.52. The molecule has 0 radical (unpaired) electrons. The minimum Gasteiger partial charge on any atom is -0.341 e. The van der Waals surface area contributed by atoms with Gasteiger partial charge in [-0.25, -0.2) is 0 Å². The molecule has 0 spiro atoms. The first-order valence-corrected chi connectivity index (χ1v) is 5.72. The van der Waals surface area contributed by atoms with Crippen molar-refractivity contribution in [2.45, 2.75) is 39.2 Å². The summed E-state index contributed by atoms with van der Waals surface area (Å²) in [5, 5.41) is 4.78. The summed E-state index contributed by atoms with van der Waals surface area (Å²) >= 11 is 0. The summed E-state index contributed by atoms with van der Waals surface area (Å²) in [7, 11) is 0. The number of nitrogens with one attached hydrogen (secondary N) is 2. The molecule has 1 aliphatic rings. The Hall–Kier alpha value is -1.65. The van der Waals surface area contributed by atoms with Gasteiger partial charge in [-0.1, -0.05) is 20.4 Å². The highest BCUT2D eigenvalue weighted by molar-refractivity contribution is 6.03. The number of rotatable bonds is 4. The number of carbonyl (C=O) groups is 3. The maximum atomic E-state index is 11.7. The Bertz CT molecular complexity index is 361. The van der Waals surface area contributed by atoms with Gasteiger partial charge in [0.05, 0.1) is 0 Å². The third-order valence-corrected chi connectivity index (χ3v) is 2.52. The van der Waals surface area contributed by atoms with Gasteiger partial charge < -0.3 is 5.32 Å². The van der Waals surface area contributed by atoms with Gasteiger partial charge in [0.25, 0.3) is 0 Å². The van der Waals surface area contributed by atoms with Crippen LogP contribution in [-0.2, 0) is 14.4 Å². The van der Waals surface area contributed by atoms with Crippen LogP contribution in [0.15, 0.2) is 12.2 Å². The summed E-state index contributed by atoms with van der Waals surface area (Å²) in [5.74, 6) is -0.698. The van der Waals surface area contributed by atoms with Gasteiger partial charge in [0.1, 0.15) is 6.04 Å². The van der Waals surface area contributed by atoms with Crippen LogP contribution in [0.25, 0.3) is 0 Å². The van der Waals surface area contributed by atoms with Gasteiger partial charge in [0, 0.05) is 12.0 Å². The van der Waals surface area contributed by atoms with E-state index in [-0.39, 0.29) is 18.2 Å². The molecule has 2 N–H and O–H groups in total. The van der Waals surface area contributed by atoms with Crippen LogP contribution in [0.4, 0.5) is 0 Å². The average Bonchev–Trinajstić information content (AvgIpc) is 2.21. The van der Waals surface area contributed by atoms with Crippen molar-refractivity contribution in [3.8, 4) is 0 Å². The molecule has 0 saturated carbocycles. The van der Waals surface area contributed by atoms with Gasteiger partial charge in [0.2, 0.25) is 17.7 Å². The average molecular weight is 238 g/mol. The quantitative estimate of drug-likeness (QED) is 0.553. The fraction of sp³-hybridized carbons (Fsp3) is 0.583. The van der Waals surface area contributed by atoms with Crippen LogP contribution in [-0.4, -0.2) is 23.8 Å². The van der Waals surface area contributed by atoms with Gasteiger partial charge in [0.15, 0.2) is 0 Å². The first-order valence-electron chi connectivity index (χ1n) is 5.72. The molecule has 1 saturated heterocycles. The number of amides is 3. The van der Waals surface area contributed by atoms with Crippen molar-refractivity contribution >= 4 is 17.7 Å². The largest absolute Gasteiger partial charge is 0.341 e. The molecule has 1 rings (SSSR count).